The maximum absolute atomic E-state index is 13.2. The van der Waals surface area contributed by atoms with Gasteiger partial charge in [-0.3, -0.25) is 14.7 Å². The van der Waals surface area contributed by atoms with Crippen LogP contribution in [0.4, 0.5) is 4.39 Å². The highest BCUT2D eigenvalue weighted by Crippen LogP contribution is 2.39. The van der Waals surface area contributed by atoms with Crippen LogP contribution >= 0.6 is 0 Å². The van der Waals surface area contributed by atoms with Crippen LogP contribution in [0.2, 0.25) is 0 Å². The van der Waals surface area contributed by atoms with Crippen LogP contribution < -0.4 is 5.56 Å². The number of carbonyl (C=O) groups is 1. The van der Waals surface area contributed by atoms with Crippen molar-refractivity contribution in [1.29, 1.82) is 0 Å². The zero-order valence-electron chi connectivity index (χ0n) is 7.29. The first-order valence-corrected chi connectivity index (χ1v) is 4.29. The number of aliphatic carboxylic acids is 1. The molecule has 1 fully saturated rings. The normalized spacial score (nSPS) is 15.8. The molecule has 0 bridgehead atoms. The van der Waals surface area contributed by atoms with Crippen LogP contribution in [0.15, 0.2) is 4.79 Å². The number of carboxylic acids is 1. The maximum atomic E-state index is 13.2. The van der Waals surface area contributed by atoms with E-state index in [0.717, 1.165) is 17.5 Å². The second kappa shape index (κ2) is 2.97. The second-order valence-corrected chi connectivity index (χ2v) is 3.40. The van der Waals surface area contributed by atoms with E-state index in [0.29, 0.717) is 0 Å². The first-order chi connectivity index (χ1) is 6.59. The number of halogens is 1. The van der Waals surface area contributed by atoms with Crippen LogP contribution in [0.25, 0.3) is 0 Å². The lowest BCUT2D eigenvalue weighted by Gasteiger charge is -1.95. The predicted molar refractivity (Wildman–Crippen MR) is 44.6 cm³/mol. The SMILES string of the molecule is O=C(O)Cn1[nH]c(C2CC2)c(F)c1=O. The smallest absolute Gasteiger partial charge is 0.325 e. The molecule has 0 unspecified atom stereocenters. The number of hydrogen-bond acceptors (Lipinski definition) is 2. The Kier molecular flexibility index (Phi) is 1.90. The van der Waals surface area contributed by atoms with Crippen molar-refractivity contribution in [3.63, 3.8) is 0 Å². The average molecular weight is 200 g/mol. The van der Waals surface area contributed by atoms with Gasteiger partial charge in [0.15, 0.2) is 0 Å². The quantitative estimate of drug-likeness (QED) is 0.735. The Morgan fingerprint density at radius 2 is 2.29 bits per heavy atom. The van der Waals surface area contributed by atoms with Crippen molar-refractivity contribution in [2.24, 2.45) is 0 Å². The minimum Gasteiger partial charge on any atom is -0.480 e. The maximum Gasteiger partial charge on any atom is 0.325 e. The van der Waals surface area contributed by atoms with Crippen molar-refractivity contribution in [3.05, 3.63) is 21.9 Å². The zero-order chi connectivity index (χ0) is 10.3. The molecule has 5 nitrogen and oxygen atoms in total. The summed E-state index contributed by atoms with van der Waals surface area (Å²) in [6.45, 7) is -0.525. The molecule has 0 amide bonds. The van der Waals surface area contributed by atoms with Gasteiger partial charge < -0.3 is 5.11 Å². The molecule has 1 aliphatic carbocycles. The summed E-state index contributed by atoms with van der Waals surface area (Å²) in [6, 6.07) is 0. The largest absolute Gasteiger partial charge is 0.480 e. The number of aromatic nitrogens is 2. The average Bonchev–Trinajstić information content (AvgIpc) is 2.88. The van der Waals surface area contributed by atoms with E-state index in [1.54, 1.807) is 0 Å². The highest BCUT2D eigenvalue weighted by atomic mass is 19.1. The molecule has 0 atom stereocenters. The molecule has 14 heavy (non-hydrogen) atoms. The number of hydrogen-bond donors (Lipinski definition) is 2. The van der Waals surface area contributed by atoms with E-state index in [4.69, 9.17) is 5.11 Å². The van der Waals surface area contributed by atoms with Crippen molar-refractivity contribution in [2.75, 3.05) is 0 Å². The molecule has 1 saturated carbocycles. The Morgan fingerprint density at radius 1 is 1.64 bits per heavy atom. The third kappa shape index (κ3) is 1.43. The van der Waals surface area contributed by atoms with Gasteiger partial charge in [0, 0.05) is 5.92 Å². The highest BCUT2D eigenvalue weighted by Gasteiger charge is 2.30. The summed E-state index contributed by atoms with van der Waals surface area (Å²) in [6.07, 6.45) is 1.70. The van der Waals surface area contributed by atoms with Gasteiger partial charge >= 0.3 is 11.5 Å². The number of nitrogens with zero attached hydrogens (tertiary/aromatic N) is 1. The number of rotatable bonds is 3. The summed E-state index contributed by atoms with van der Waals surface area (Å²) in [7, 11) is 0. The first-order valence-electron chi connectivity index (χ1n) is 4.29. The Morgan fingerprint density at radius 3 is 2.79 bits per heavy atom. The standard InChI is InChI=1S/C8H9FN2O3/c9-6-7(4-1-2-4)10-11(8(6)14)3-5(12)13/h4,10H,1-3H2,(H,12,13). The fraction of sp³-hybridized carbons (Fsp3) is 0.500. The minimum atomic E-state index is -1.17. The topological polar surface area (TPSA) is 75.1 Å². The molecule has 6 heteroatoms. The van der Waals surface area contributed by atoms with Gasteiger partial charge in [-0.1, -0.05) is 0 Å². The summed E-state index contributed by atoms with van der Waals surface area (Å²) in [5.41, 5.74) is -0.634. The number of nitrogens with one attached hydrogen (secondary N) is 1. The fourth-order valence-corrected chi connectivity index (χ4v) is 1.37. The van der Waals surface area contributed by atoms with Gasteiger partial charge in [-0.15, -0.1) is 0 Å². The lowest BCUT2D eigenvalue weighted by atomic mass is 10.3. The van der Waals surface area contributed by atoms with Crippen molar-refractivity contribution < 1.29 is 14.3 Å². The van der Waals surface area contributed by atoms with E-state index in [-0.39, 0.29) is 11.6 Å². The van der Waals surface area contributed by atoms with Crippen LogP contribution in [0, 0.1) is 5.82 Å². The van der Waals surface area contributed by atoms with E-state index in [1.807, 2.05) is 0 Å². The molecule has 2 rings (SSSR count). The van der Waals surface area contributed by atoms with E-state index >= 15 is 0 Å². The molecule has 0 spiro atoms. The van der Waals surface area contributed by atoms with E-state index in [9.17, 15) is 14.0 Å². The third-order valence-corrected chi connectivity index (χ3v) is 2.20. The van der Waals surface area contributed by atoms with Gasteiger partial charge in [-0.25, -0.2) is 4.68 Å². The Bertz CT molecular complexity index is 430. The summed E-state index contributed by atoms with van der Waals surface area (Å²) in [5.74, 6) is -1.94. The molecule has 2 N–H and O–H groups in total. The molecular weight excluding hydrogens is 191 g/mol. The van der Waals surface area contributed by atoms with Gasteiger partial charge in [0.2, 0.25) is 5.82 Å². The van der Waals surface area contributed by atoms with Gasteiger partial charge in [-0.2, -0.15) is 4.39 Å². The van der Waals surface area contributed by atoms with Crippen LogP contribution in [0.5, 0.6) is 0 Å². The van der Waals surface area contributed by atoms with Gasteiger partial charge in [0.1, 0.15) is 6.54 Å². The Labute approximate surface area is 78.1 Å². The Balaban J connectivity index is 2.37. The van der Waals surface area contributed by atoms with E-state index < -0.39 is 23.9 Å². The molecule has 0 radical (unpaired) electrons. The summed E-state index contributed by atoms with van der Waals surface area (Å²) in [5, 5.41) is 10.9. The molecule has 0 aliphatic heterocycles. The van der Waals surface area contributed by atoms with Gasteiger partial charge in [-0.05, 0) is 12.8 Å². The van der Waals surface area contributed by atoms with Crippen molar-refractivity contribution in [3.8, 4) is 0 Å². The van der Waals surface area contributed by atoms with Crippen molar-refractivity contribution >= 4 is 5.97 Å². The van der Waals surface area contributed by atoms with E-state index in [1.165, 1.54) is 0 Å². The van der Waals surface area contributed by atoms with Crippen LogP contribution in [0.3, 0.4) is 0 Å². The molecule has 76 valence electrons. The van der Waals surface area contributed by atoms with E-state index in [2.05, 4.69) is 5.10 Å². The van der Waals surface area contributed by atoms with Gasteiger partial charge in [0.25, 0.3) is 0 Å². The monoisotopic (exact) mass is 200 g/mol. The van der Waals surface area contributed by atoms with Gasteiger partial charge in [0.05, 0.1) is 5.69 Å². The first kappa shape index (κ1) is 8.98. The fourth-order valence-electron chi connectivity index (χ4n) is 1.37. The van der Waals surface area contributed by atoms with Crippen LogP contribution in [0.1, 0.15) is 24.5 Å². The second-order valence-electron chi connectivity index (χ2n) is 3.40. The Hall–Kier alpha value is -1.59. The van der Waals surface area contributed by atoms with Crippen molar-refractivity contribution in [2.45, 2.75) is 25.3 Å². The number of H-pyrrole nitrogens is 1. The molecule has 1 aromatic rings. The highest BCUT2D eigenvalue weighted by molar-refractivity contribution is 5.66. The summed E-state index contributed by atoms with van der Waals surface area (Å²) < 4.78 is 14.0. The van der Waals surface area contributed by atoms with Crippen LogP contribution in [-0.2, 0) is 11.3 Å². The minimum absolute atomic E-state index is 0.0674. The number of aromatic amines is 1. The summed E-state index contributed by atoms with van der Waals surface area (Å²) >= 11 is 0. The summed E-state index contributed by atoms with van der Waals surface area (Å²) in [4.78, 5) is 21.5. The molecule has 1 aliphatic rings. The molecule has 1 aromatic heterocycles. The lowest BCUT2D eigenvalue weighted by molar-refractivity contribution is -0.137. The molecule has 0 saturated heterocycles. The molecule has 0 aromatic carbocycles. The zero-order valence-corrected chi connectivity index (χ0v) is 7.29. The number of carboxylic acid groups (broad SMARTS) is 1. The predicted octanol–water partition coefficient (Wildman–Crippen LogP) is 0.278. The molecule has 1 heterocycles. The van der Waals surface area contributed by atoms with Crippen molar-refractivity contribution in [1.82, 2.24) is 9.78 Å². The molecular formula is C8H9FN2O3. The lowest BCUT2D eigenvalue weighted by Crippen LogP contribution is -2.22. The third-order valence-electron chi connectivity index (χ3n) is 2.20. The van der Waals surface area contributed by atoms with Crippen LogP contribution in [-0.4, -0.2) is 20.9 Å².